The van der Waals surface area contributed by atoms with E-state index >= 15 is 0 Å². The Labute approximate surface area is 163 Å². The third kappa shape index (κ3) is 4.44. The molecule has 0 spiro atoms. The normalized spacial score (nSPS) is 9.92. The fourth-order valence-corrected chi connectivity index (χ4v) is 2.02. The Bertz CT molecular complexity index is 936. The van der Waals surface area contributed by atoms with Gasteiger partial charge in [0.15, 0.2) is 12.0 Å². The van der Waals surface area contributed by atoms with Crippen LogP contribution in [0, 0.1) is 0 Å². The molecule has 3 rings (SSSR count). The van der Waals surface area contributed by atoms with Crippen LogP contribution in [0.25, 0.3) is 11.1 Å². The second-order valence-electron chi connectivity index (χ2n) is 4.81. The number of nitrogens with one attached hydrogen (secondary N) is 2. The predicted molar refractivity (Wildman–Crippen MR) is 81.3 cm³/mol. The molecule has 1 aromatic heterocycles. The molecule has 120 valence electrons. The first-order chi connectivity index (χ1) is 11.5. The summed E-state index contributed by atoms with van der Waals surface area (Å²) in [5, 5.41) is 15.2. The fourth-order valence-electron chi connectivity index (χ4n) is 2.02. The smallest absolute Gasteiger partial charge is 0.545 e. The van der Waals surface area contributed by atoms with E-state index < -0.39 is 17.9 Å². The molecule has 0 unspecified atom stereocenters. The van der Waals surface area contributed by atoms with Gasteiger partial charge in [0.05, 0.1) is 5.97 Å². The molecule has 0 bridgehead atoms. The van der Waals surface area contributed by atoms with Crippen LogP contribution in [0.15, 0.2) is 53.3 Å². The SMILES string of the molecule is O=C(NC(=O)c1ccc2ncoc2c1)Nc1ccc(C(=O)[O-])cc1.[Na+]. The topological polar surface area (TPSA) is 124 Å². The number of urea groups is 1. The van der Waals surface area contributed by atoms with Crippen molar-refractivity contribution in [3.8, 4) is 0 Å². The molecule has 0 aliphatic rings. The molecular weight excluding hydrogens is 337 g/mol. The molecule has 2 aromatic carbocycles. The summed E-state index contributed by atoms with van der Waals surface area (Å²) in [4.78, 5) is 38.4. The minimum absolute atomic E-state index is 0. The number of amides is 3. The molecule has 3 amide bonds. The molecule has 2 N–H and O–H groups in total. The number of carboxylic acids is 1. The van der Waals surface area contributed by atoms with Gasteiger partial charge in [-0.05, 0) is 35.9 Å². The van der Waals surface area contributed by atoms with Gasteiger partial charge in [-0.15, -0.1) is 0 Å². The first-order valence-electron chi connectivity index (χ1n) is 6.80. The van der Waals surface area contributed by atoms with Crippen molar-refractivity contribution in [2.45, 2.75) is 0 Å². The van der Waals surface area contributed by atoms with Crippen LogP contribution in [0.3, 0.4) is 0 Å². The second-order valence-corrected chi connectivity index (χ2v) is 4.81. The zero-order valence-corrected chi connectivity index (χ0v) is 15.1. The number of imide groups is 1. The summed E-state index contributed by atoms with van der Waals surface area (Å²) in [6.45, 7) is 0. The van der Waals surface area contributed by atoms with Crippen molar-refractivity contribution in [2.24, 2.45) is 0 Å². The van der Waals surface area contributed by atoms with Gasteiger partial charge in [0, 0.05) is 11.3 Å². The number of fused-ring (bicyclic) bond motifs is 1. The van der Waals surface area contributed by atoms with E-state index in [1.165, 1.54) is 42.8 Å². The van der Waals surface area contributed by atoms with Crippen LogP contribution in [-0.2, 0) is 0 Å². The summed E-state index contributed by atoms with van der Waals surface area (Å²) >= 11 is 0. The molecule has 9 heteroatoms. The number of hydrogen-bond acceptors (Lipinski definition) is 6. The molecule has 0 saturated heterocycles. The van der Waals surface area contributed by atoms with Crippen molar-refractivity contribution in [3.63, 3.8) is 0 Å². The minimum Gasteiger partial charge on any atom is -0.545 e. The van der Waals surface area contributed by atoms with Gasteiger partial charge < -0.3 is 19.6 Å². The number of aromatic nitrogens is 1. The Morgan fingerprint density at radius 3 is 2.36 bits per heavy atom. The average molecular weight is 347 g/mol. The Morgan fingerprint density at radius 1 is 1.00 bits per heavy atom. The first-order valence-corrected chi connectivity index (χ1v) is 6.80. The Balaban J connectivity index is 0.00000225. The second kappa shape index (κ2) is 7.93. The molecule has 25 heavy (non-hydrogen) atoms. The van der Waals surface area contributed by atoms with Gasteiger partial charge in [-0.2, -0.15) is 0 Å². The van der Waals surface area contributed by atoms with Gasteiger partial charge in [-0.1, -0.05) is 12.1 Å². The average Bonchev–Trinajstić information content (AvgIpc) is 3.02. The number of carbonyl (C=O) groups is 3. The molecule has 1 heterocycles. The minimum atomic E-state index is -1.32. The quantitative estimate of drug-likeness (QED) is 0.537. The summed E-state index contributed by atoms with van der Waals surface area (Å²) in [6, 6.07) is 9.17. The number of rotatable bonds is 3. The molecule has 3 aromatic rings. The van der Waals surface area contributed by atoms with Crippen molar-refractivity contribution in [3.05, 3.63) is 60.0 Å². The van der Waals surface area contributed by atoms with E-state index in [2.05, 4.69) is 15.6 Å². The van der Waals surface area contributed by atoms with E-state index in [1.807, 2.05) is 0 Å². The van der Waals surface area contributed by atoms with E-state index in [9.17, 15) is 19.5 Å². The molecule has 0 radical (unpaired) electrons. The number of hydrogen-bond donors (Lipinski definition) is 2. The summed E-state index contributed by atoms with van der Waals surface area (Å²) < 4.78 is 5.10. The maximum atomic E-state index is 12.0. The van der Waals surface area contributed by atoms with Crippen LogP contribution in [-0.4, -0.2) is 22.9 Å². The number of carbonyl (C=O) groups excluding carboxylic acids is 3. The monoisotopic (exact) mass is 347 g/mol. The molecule has 8 nitrogen and oxygen atoms in total. The number of aromatic carboxylic acids is 1. The van der Waals surface area contributed by atoms with Crippen LogP contribution in [0.4, 0.5) is 10.5 Å². The molecule has 0 aliphatic heterocycles. The van der Waals surface area contributed by atoms with Crippen molar-refractivity contribution in [2.75, 3.05) is 5.32 Å². The van der Waals surface area contributed by atoms with Gasteiger partial charge in [0.25, 0.3) is 5.91 Å². The van der Waals surface area contributed by atoms with Crippen molar-refractivity contribution >= 4 is 34.7 Å². The van der Waals surface area contributed by atoms with E-state index in [1.54, 1.807) is 6.07 Å². The number of anilines is 1. The Morgan fingerprint density at radius 2 is 1.68 bits per heavy atom. The number of carboxylic acid groups (broad SMARTS) is 1. The van der Waals surface area contributed by atoms with Gasteiger partial charge in [-0.3, -0.25) is 10.1 Å². The zero-order chi connectivity index (χ0) is 17.1. The third-order valence-electron chi connectivity index (χ3n) is 3.20. The number of benzene rings is 2. The van der Waals surface area contributed by atoms with Crippen LogP contribution >= 0.6 is 0 Å². The number of oxazole rings is 1. The van der Waals surface area contributed by atoms with E-state index in [0.29, 0.717) is 16.8 Å². The van der Waals surface area contributed by atoms with Crippen molar-refractivity contribution < 1.29 is 53.5 Å². The standard InChI is InChI=1S/C16H11N3O5.Na/c20-14(10-3-6-12-13(7-10)24-8-17-12)19-16(23)18-11-4-1-9(2-5-11)15(21)22;/h1-8H,(H,21,22)(H2,18,19,20,23);/q;+1/p-1. The predicted octanol–water partition coefficient (Wildman–Crippen LogP) is -1.84. The van der Waals surface area contributed by atoms with Crippen molar-refractivity contribution in [1.29, 1.82) is 0 Å². The number of nitrogens with zero attached hydrogens (tertiary/aromatic N) is 1. The summed E-state index contributed by atoms with van der Waals surface area (Å²) in [7, 11) is 0. The molecular formula is C16H10N3NaO5. The van der Waals surface area contributed by atoms with Crippen molar-refractivity contribution in [1.82, 2.24) is 10.3 Å². The largest absolute Gasteiger partial charge is 1.00 e. The maximum absolute atomic E-state index is 12.0. The van der Waals surface area contributed by atoms with Crippen LogP contribution in [0.5, 0.6) is 0 Å². The summed E-state index contributed by atoms with van der Waals surface area (Å²) in [5.74, 6) is -1.93. The Hall–Kier alpha value is -2.68. The van der Waals surface area contributed by atoms with Crippen LogP contribution in [0.2, 0.25) is 0 Å². The fraction of sp³-hybridized carbons (Fsp3) is 0. The van der Waals surface area contributed by atoms with E-state index in [-0.39, 0.29) is 40.7 Å². The van der Waals surface area contributed by atoms with Gasteiger partial charge >= 0.3 is 35.6 Å². The zero-order valence-electron chi connectivity index (χ0n) is 13.1. The molecule has 0 fully saturated rings. The molecule has 0 saturated carbocycles. The Kier molecular flexibility index (Phi) is 5.92. The van der Waals surface area contributed by atoms with Gasteiger partial charge in [-0.25, -0.2) is 9.78 Å². The maximum Gasteiger partial charge on any atom is 1.00 e. The summed E-state index contributed by atoms with van der Waals surface area (Å²) in [6.07, 6.45) is 1.26. The van der Waals surface area contributed by atoms with E-state index in [4.69, 9.17) is 4.42 Å². The summed E-state index contributed by atoms with van der Waals surface area (Å²) in [5.41, 5.74) is 1.58. The first kappa shape index (κ1) is 18.7. The molecule has 0 atom stereocenters. The van der Waals surface area contributed by atoms with E-state index in [0.717, 1.165) is 0 Å². The molecule has 0 aliphatic carbocycles. The van der Waals surface area contributed by atoms with Crippen LogP contribution in [0.1, 0.15) is 20.7 Å². The third-order valence-corrected chi connectivity index (χ3v) is 3.20. The van der Waals surface area contributed by atoms with Gasteiger partial charge in [0.1, 0.15) is 5.52 Å². The van der Waals surface area contributed by atoms with Crippen LogP contribution < -0.4 is 45.3 Å². The van der Waals surface area contributed by atoms with Gasteiger partial charge in [0.2, 0.25) is 0 Å².